The van der Waals surface area contributed by atoms with Gasteiger partial charge in [0.2, 0.25) is 0 Å². The van der Waals surface area contributed by atoms with Gasteiger partial charge in [0.15, 0.2) is 5.96 Å². The molecule has 150 valence electrons. The molecule has 1 unspecified atom stereocenters. The molecule has 3 heterocycles. The molecule has 2 saturated heterocycles. The molecule has 0 spiro atoms. The van der Waals surface area contributed by atoms with Crippen LogP contribution in [-0.4, -0.2) is 68.2 Å². The molecule has 3 rings (SSSR count). The predicted molar refractivity (Wildman–Crippen MR) is 114 cm³/mol. The van der Waals surface area contributed by atoms with Crippen molar-refractivity contribution in [1.82, 2.24) is 20.5 Å². The normalized spacial score (nSPS) is 21.9. The number of hydrogen-bond acceptors (Lipinski definition) is 4. The molecule has 0 bridgehead atoms. The molecule has 7 heteroatoms. The summed E-state index contributed by atoms with van der Waals surface area (Å²) in [7, 11) is 1.84. The fourth-order valence-electron chi connectivity index (χ4n) is 3.94. The van der Waals surface area contributed by atoms with Crippen molar-refractivity contribution in [3.63, 3.8) is 0 Å². The summed E-state index contributed by atoms with van der Waals surface area (Å²) in [5, 5.41) is 7.73. The number of pyridine rings is 1. The van der Waals surface area contributed by atoms with Crippen molar-refractivity contribution < 1.29 is 0 Å². The second-order valence-electron chi connectivity index (χ2n) is 7.49. The van der Waals surface area contributed by atoms with Gasteiger partial charge in [0.05, 0.1) is 5.02 Å². The van der Waals surface area contributed by atoms with Crippen molar-refractivity contribution >= 4 is 23.4 Å². The van der Waals surface area contributed by atoms with Crippen LogP contribution in [0, 0.1) is 0 Å². The molecule has 0 radical (unpaired) electrons. The summed E-state index contributed by atoms with van der Waals surface area (Å²) in [6.45, 7) is 6.52. The molecule has 2 N–H and O–H groups in total. The second kappa shape index (κ2) is 10.7. The maximum Gasteiger partial charge on any atom is 0.191 e. The van der Waals surface area contributed by atoms with E-state index in [-0.39, 0.29) is 0 Å². The Hall–Kier alpha value is -1.53. The third-order valence-electron chi connectivity index (χ3n) is 5.43. The maximum atomic E-state index is 6.28. The average molecular weight is 393 g/mol. The molecular formula is C20H33ClN6. The summed E-state index contributed by atoms with van der Waals surface area (Å²) in [6, 6.07) is 4.13. The van der Waals surface area contributed by atoms with Crippen LogP contribution in [0.5, 0.6) is 0 Å². The minimum absolute atomic E-state index is 0.361. The Morgan fingerprint density at radius 1 is 1.26 bits per heavy atom. The van der Waals surface area contributed by atoms with Crippen molar-refractivity contribution in [1.29, 1.82) is 0 Å². The molecule has 0 amide bonds. The lowest BCUT2D eigenvalue weighted by molar-refractivity contribution is 0.282. The first-order chi connectivity index (χ1) is 13.3. The molecule has 2 aliphatic heterocycles. The van der Waals surface area contributed by atoms with Crippen molar-refractivity contribution in [2.24, 2.45) is 4.99 Å². The number of anilines is 1. The number of halogens is 1. The van der Waals surface area contributed by atoms with E-state index in [2.05, 4.69) is 30.4 Å². The predicted octanol–water partition coefficient (Wildman–Crippen LogP) is 2.74. The molecule has 1 atom stereocenters. The van der Waals surface area contributed by atoms with Crippen LogP contribution in [0.1, 0.15) is 38.5 Å². The third kappa shape index (κ3) is 6.25. The maximum absolute atomic E-state index is 6.28. The zero-order valence-corrected chi connectivity index (χ0v) is 17.2. The van der Waals surface area contributed by atoms with Crippen molar-refractivity contribution in [3.8, 4) is 0 Å². The van der Waals surface area contributed by atoms with Gasteiger partial charge >= 0.3 is 0 Å². The molecule has 0 aliphatic carbocycles. The minimum atomic E-state index is 0.361. The second-order valence-corrected chi connectivity index (χ2v) is 7.90. The Bertz CT molecular complexity index is 600. The number of rotatable bonds is 6. The first kappa shape index (κ1) is 20.2. The van der Waals surface area contributed by atoms with E-state index >= 15 is 0 Å². The van der Waals surface area contributed by atoms with E-state index in [1.807, 2.05) is 19.2 Å². The standard InChI is InChI=1S/C20H33ClN6/c1-22-20(24-11-7-14-26-12-4-2-3-5-13-26)25-17-9-15-27(16-17)19-18(21)8-6-10-23-19/h6,8,10,17H,2-5,7,9,11-16H2,1H3,(H2,22,24,25). The third-order valence-corrected chi connectivity index (χ3v) is 5.73. The topological polar surface area (TPSA) is 55.8 Å². The highest BCUT2D eigenvalue weighted by molar-refractivity contribution is 6.32. The van der Waals surface area contributed by atoms with Gasteiger partial charge in [0.25, 0.3) is 0 Å². The zero-order valence-electron chi connectivity index (χ0n) is 16.5. The summed E-state index contributed by atoms with van der Waals surface area (Å²) in [5.74, 6) is 1.77. The highest BCUT2D eigenvalue weighted by Gasteiger charge is 2.25. The molecule has 27 heavy (non-hydrogen) atoms. The Balaban J connectivity index is 1.37. The highest BCUT2D eigenvalue weighted by Crippen LogP contribution is 2.25. The summed E-state index contributed by atoms with van der Waals surface area (Å²) >= 11 is 6.28. The molecule has 0 aromatic carbocycles. The number of nitrogens with zero attached hydrogens (tertiary/aromatic N) is 4. The van der Waals surface area contributed by atoms with Crippen LogP contribution >= 0.6 is 11.6 Å². The van der Waals surface area contributed by atoms with Gasteiger partial charge in [-0.15, -0.1) is 0 Å². The minimum Gasteiger partial charge on any atom is -0.356 e. The van der Waals surface area contributed by atoms with E-state index in [1.54, 1.807) is 6.20 Å². The van der Waals surface area contributed by atoms with Gasteiger partial charge < -0.3 is 20.4 Å². The molecular weight excluding hydrogens is 360 g/mol. The Morgan fingerprint density at radius 2 is 2.07 bits per heavy atom. The van der Waals surface area contributed by atoms with Gasteiger partial charge in [-0.3, -0.25) is 4.99 Å². The average Bonchev–Trinajstić information content (AvgIpc) is 2.98. The van der Waals surface area contributed by atoms with Gasteiger partial charge in [-0.2, -0.15) is 0 Å². The molecule has 2 aliphatic rings. The van der Waals surface area contributed by atoms with Crippen molar-refractivity contribution in [2.45, 2.75) is 44.6 Å². The van der Waals surface area contributed by atoms with Crippen molar-refractivity contribution in [2.75, 3.05) is 51.2 Å². The van der Waals surface area contributed by atoms with Gasteiger partial charge in [-0.1, -0.05) is 24.4 Å². The lowest BCUT2D eigenvalue weighted by atomic mass is 10.2. The molecule has 1 aromatic heterocycles. The van der Waals surface area contributed by atoms with Crippen LogP contribution in [0.3, 0.4) is 0 Å². The molecule has 1 aromatic rings. The van der Waals surface area contributed by atoms with Crippen LogP contribution in [0.2, 0.25) is 5.02 Å². The molecule has 2 fully saturated rings. The summed E-state index contributed by atoms with van der Waals surface area (Å²) in [4.78, 5) is 13.7. The monoisotopic (exact) mass is 392 g/mol. The number of guanidine groups is 1. The number of aromatic nitrogens is 1. The van der Waals surface area contributed by atoms with Gasteiger partial charge in [-0.25, -0.2) is 4.98 Å². The van der Waals surface area contributed by atoms with E-state index in [9.17, 15) is 0 Å². The number of hydrogen-bond donors (Lipinski definition) is 2. The van der Waals surface area contributed by atoms with Gasteiger partial charge in [0, 0.05) is 38.9 Å². The first-order valence-electron chi connectivity index (χ1n) is 10.3. The summed E-state index contributed by atoms with van der Waals surface area (Å²) in [5.41, 5.74) is 0. The fraction of sp³-hybridized carbons (Fsp3) is 0.700. The number of likely N-dealkylation sites (tertiary alicyclic amines) is 1. The Labute approximate surface area is 168 Å². The lowest BCUT2D eigenvalue weighted by Crippen LogP contribution is -2.45. The van der Waals surface area contributed by atoms with E-state index in [0.29, 0.717) is 11.1 Å². The number of nitrogens with one attached hydrogen (secondary N) is 2. The largest absolute Gasteiger partial charge is 0.356 e. The first-order valence-corrected chi connectivity index (χ1v) is 10.7. The van der Waals surface area contributed by atoms with Crippen LogP contribution in [-0.2, 0) is 0 Å². The van der Waals surface area contributed by atoms with Gasteiger partial charge in [-0.05, 0) is 57.5 Å². The van der Waals surface area contributed by atoms with E-state index < -0.39 is 0 Å². The van der Waals surface area contributed by atoms with Crippen LogP contribution in [0.15, 0.2) is 23.3 Å². The Morgan fingerprint density at radius 3 is 2.81 bits per heavy atom. The summed E-state index contributed by atoms with van der Waals surface area (Å²) in [6.07, 6.45) is 9.51. The van der Waals surface area contributed by atoms with E-state index in [0.717, 1.165) is 44.3 Å². The molecule has 0 saturated carbocycles. The lowest BCUT2D eigenvalue weighted by Gasteiger charge is -2.21. The van der Waals surface area contributed by atoms with Gasteiger partial charge in [0.1, 0.15) is 5.82 Å². The highest BCUT2D eigenvalue weighted by atomic mass is 35.5. The summed E-state index contributed by atoms with van der Waals surface area (Å²) < 4.78 is 0. The SMILES string of the molecule is CN=C(NCCCN1CCCCCC1)NC1CCN(c2ncccc2Cl)C1. The Kier molecular flexibility index (Phi) is 8.02. The zero-order chi connectivity index (χ0) is 18.9. The molecule has 6 nitrogen and oxygen atoms in total. The van der Waals surface area contributed by atoms with Crippen LogP contribution in [0.4, 0.5) is 5.82 Å². The number of aliphatic imine (C=N–C) groups is 1. The smallest absolute Gasteiger partial charge is 0.191 e. The van der Waals surface area contributed by atoms with E-state index in [4.69, 9.17) is 11.6 Å². The van der Waals surface area contributed by atoms with E-state index in [1.165, 1.54) is 45.3 Å². The van der Waals surface area contributed by atoms with Crippen LogP contribution < -0.4 is 15.5 Å². The fourth-order valence-corrected chi connectivity index (χ4v) is 4.18. The van der Waals surface area contributed by atoms with Crippen LogP contribution in [0.25, 0.3) is 0 Å². The quantitative estimate of drug-likeness (QED) is 0.443. The van der Waals surface area contributed by atoms with Crippen molar-refractivity contribution in [3.05, 3.63) is 23.4 Å².